The lowest BCUT2D eigenvalue weighted by molar-refractivity contribution is 0.0516. The van der Waals surface area contributed by atoms with Gasteiger partial charge in [0.2, 0.25) is 6.79 Å². The van der Waals surface area contributed by atoms with Gasteiger partial charge in [0.15, 0.2) is 17.3 Å². The predicted octanol–water partition coefficient (Wildman–Crippen LogP) is 2.85. The summed E-state index contributed by atoms with van der Waals surface area (Å²) in [6, 6.07) is 7.10. The highest BCUT2D eigenvalue weighted by Gasteiger charge is 2.30. The van der Waals surface area contributed by atoms with E-state index in [1.165, 1.54) is 32.1 Å². The number of rotatable bonds is 6. The summed E-state index contributed by atoms with van der Waals surface area (Å²) in [6.07, 6.45) is 7.98. The molecular formula is C22H32N6O2. The summed E-state index contributed by atoms with van der Waals surface area (Å²) < 4.78 is 12.9. The SMILES string of the molecule is CC[C@@H](c1nnnn1Cc1ccc2c(c1)OCO2)N1CCN(C2CCCCC2)CC1. The first kappa shape index (κ1) is 19.8. The van der Waals surface area contributed by atoms with Gasteiger partial charge in [-0.2, -0.15) is 0 Å². The van der Waals surface area contributed by atoms with Gasteiger partial charge in [0.25, 0.3) is 0 Å². The Morgan fingerprint density at radius 1 is 1.03 bits per heavy atom. The molecule has 0 radical (unpaired) electrons. The second kappa shape index (κ2) is 8.89. The number of benzene rings is 1. The van der Waals surface area contributed by atoms with Crippen LogP contribution in [0, 0.1) is 0 Å². The topological polar surface area (TPSA) is 68.5 Å². The van der Waals surface area contributed by atoms with Crippen molar-refractivity contribution in [1.29, 1.82) is 0 Å². The lowest BCUT2D eigenvalue weighted by Crippen LogP contribution is -2.51. The van der Waals surface area contributed by atoms with E-state index in [2.05, 4.69) is 38.3 Å². The highest BCUT2D eigenvalue weighted by atomic mass is 16.7. The van der Waals surface area contributed by atoms with Crippen molar-refractivity contribution < 1.29 is 9.47 Å². The van der Waals surface area contributed by atoms with Gasteiger partial charge < -0.3 is 9.47 Å². The van der Waals surface area contributed by atoms with Crippen molar-refractivity contribution in [2.24, 2.45) is 0 Å². The maximum atomic E-state index is 5.52. The van der Waals surface area contributed by atoms with Gasteiger partial charge in [-0.05, 0) is 47.4 Å². The fraction of sp³-hybridized carbons (Fsp3) is 0.682. The van der Waals surface area contributed by atoms with Gasteiger partial charge in [-0.1, -0.05) is 32.3 Å². The number of aromatic nitrogens is 4. The third-order valence-corrected chi connectivity index (χ3v) is 6.89. The molecule has 0 amide bonds. The van der Waals surface area contributed by atoms with E-state index >= 15 is 0 Å². The van der Waals surface area contributed by atoms with Gasteiger partial charge in [0, 0.05) is 32.2 Å². The number of tetrazole rings is 1. The highest BCUT2D eigenvalue weighted by molar-refractivity contribution is 5.44. The minimum absolute atomic E-state index is 0.252. The average molecular weight is 413 g/mol. The molecule has 1 saturated carbocycles. The number of piperazine rings is 1. The molecule has 2 aromatic rings. The monoisotopic (exact) mass is 412 g/mol. The Hall–Kier alpha value is -2.19. The van der Waals surface area contributed by atoms with Crippen LogP contribution >= 0.6 is 0 Å². The van der Waals surface area contributed by atoms with E-state index in [-0.39, 0.29) is 6.04 Å². The van der Waals surface area contributed by atoms with Crippen molar-refractivity contribution in [2.75, 3.05) is 33.0 Å². The minimum Gasteiger partial charge on any atom is -0.454 e. The number of nitrogens with zero attached hydrogens (tertiary/aromatic N) is 6. The van der Waals surface area contributed by atoms with Gasteiger partial charge >= 0.3 is 0 Å². The zero-order chi connectivity index (χ0) is 20.3. The standard InChI is InChI=1S/C22H32N6O2/c1-2-19(27-12-10-26(11-13-27)18-6-4-3-5-7-18)22-23-24-25-28(22)15-17-8-9-20-21(14-17)30-16-29-20/h8-9,14,18-19H,2-7,10-13,15-16H2,1H3/t19-/m0/s1. The molecule has 0 spiro atoms. The predicted molar refractivity (Wildman–Crippen MR) is 113 cm³/mol. The zero-order valence-corrected chi connectivity index (χ0v) is 17.9. The van der Waals surface area contributed by atoms with E-state index < -0.39 is 0 Å². The lowest BCUT2D eigenvalue weighted by Gasteiger charge is -2.42. The van der Waals surface area contributed by atoms with Crippen LogP contribution in [0.2, 0.25) is 0 Å². The second-order valence-corrected chi connectivity index (χ2v) is 8.67. The normalized spacial score (nSPS) is 21.8. The number of fused-ring (bicyclic) bond motifs is 1. The van der Waals surface area contributed by atoms with Gasteiger partial charge in [0.05, 0.1) is 12.6 Å². The summed E-state index contributed by atoms with van der Waals surface area (Å²) in [7, 11) is 0. The van der Waals surface area contributed by atoms with Gasteiger partial charge in [-0.15, -0.1) is 5.10 Å². The van der Waals surface area contributed by atoms with Crippen molar-refractivity contribution in [3.8, 4) is 11.5 Å². The van der Waals surface area contributed by atoms with E-state index in [1.54, 1.807) is 0 Å². The Morgan fingerprint density at radius 3 is 2.63 bits per heavy atom. The Balaban J connectivity index is 1.25. The Bertz CT molecular complexity index is 842. The van der Waals surface area contributed by atoms with Crippen molar-refractivity contribution >= 4 is 0 Å². The van der Waals surface area contributed by atoms with Crippen molar-refractivity contribution in [3.63, 3.8) is 0 Å². The molecule has 8 nitrogen and oxygen atoms in total. The molecule has 30 heavy (non-hydrogen) atoms. The largest absolute Gasteiger partial charge is 0.454 e. The van der Waals surface area contributed by atoms with E-state index in [0.29, 0.717) is 13.3 Å². The van der Waals surface area contributed by atoms with E-state index in [1.807, 2.05) is 16.8 Å². The van der Waals surface area contributed by atoms with Crippen molar-refractivity contribution in [2.45, 2.75) is 64.1 Å². The lowest BCUT2D eigenvalue weighted by atomic mass is 9.93. The fourth-order valence-electron chi connectivity index (χ4n) is 5.24. The summed E-state index contributed by atoms with van der Waals surface area (Å²) in [5.74, 6) is 2.56. The smallest absolute Gasteiger partial charge is 0.231 e. The Labute approximate surface area is 178 Å². The Morgan fingerprint density at radius 2 is 1.83 bits per heavy atom. The van der Waals surface area contributed by atoms with Crippen molar-refractivity contribution in [3.05, 3.63) is 29.6 Å². The number of hydrogen-bond donors (Lipinski definition) is 0. The van der Waals surface area contributed by atoms with Crippen LogP contribution in [-0.4, -0.2) is 69.0 Å². The van der Waals surface area contributed by atoms with Crippen LogP contribution in [0.5, 0.6) is 11.5 Å². The Kier molecular flexibility index (Phi) is 5.86. The van der Waals surface area contributed by atoms with Crippen LogP contribution in [0.3, 0.4) is 0 Å². The van der Waals surface area contributed by atoms with Crippen LogP contribution in [-0.2, 0) is 6.54 Å². The van der Waals surface area contributed by atoms with Crippen LogP contribution < -0.4 is 9.47 Å². The molecule has 3 heterocycles. The van der Waals surface area contributed by atoms with Crippen LogP contribution in [0.1, 0.15) is 62.9 Å². The van der Waals surface area contributed by atoms with Gasteiger partial charge in [-0.25, -0.2) is 4.68 Å². The highest BCUT2D eigenvalue weighted by Crippen LogP contribution is 2.33. The molecule has 5 rings (SSSR count). The third-order valence-electron chi connectivity index (χ3n) is 6.89. The first-order chi connectivity index (χ1) is 14.8. The van der Waals surface area contributed by atoms with E-state index in [9.17, 15) is 0 Å². The molecule has 2 aliphatic heterocycles. The molecule has 0 N–H and O–H groups in total. The molecule has 2 fully saturated rings. The summed E-state index contributed by atoms with van der Waals surface area (Å²) in [5, 5.41) is 12.7. The van der Waals surface area contributed by atoms with Crippen LogP contribution in [0.25, 0.3) is 0 Å². The molecule has 1 atom stereocenters. The van der Waals surface area contributed by atoms with E-state index in [0.717, 1.165) is 61.5 Å². The van der Waals surface area contributed by atoms with Gasteiger partial charge in [-0.3, -0.25) is 9.80 Å². The number of ether oxygens (including phenoxy) is 2. The molecular weight excluding hydrogens is 380 g/mol. The van der Waals surface area contributed by atoms with Crippen molar-refractivity contribution in [1.82, 2.24) is 30.0 Å². The zero-order valence-electron chi connectivity index (χ0n) is 17.9. The molecule has 0 unspecified atom stereocenters. The summed E-state index contributed by atoms with van der Waals surface area (Å²) in [6.45, 7) is 7.66. The molecule has 1 aliphatic carbocycles. The summed E-state index contributed by atoms with van der Waals surface area (Å²) >= 11 is 0. The molecule has 0 bridgehead atoms. The average Bonchev–Trinajstić information content (AvgIpc) is 3.45. The van der Waals surface area contributed by atoms with Gasteiger partial charge in [0.1, 0.15) is 0 Å². The third kappa shape index (κ3) is 4.03. The summed E-state index contributed by atoms with van der Waals surface area (Å²) in [4.78, 5) is 5.29. The first-order valence-electron chi connectivity index (χ1n) is 11.4. The summed E-state index contributed by atoms with van der Waals surface area (Å²) in [5.41, 5.74) is 1.12. The minimum atomic E-state index is 0.252. The molecule has 1 aromatic heterocycles. The van der Waals surface area contributed by atoms with Crippen LogP contribution in [0.15, 0.2) is 18.2 Å². The molecule has 8 heteroatoms. The fourth-order valence-corrected chi connectivity index (χ4v) is 5.24. The number of hydrogen-bond acceptors (Lipinski definition) is 7. The maximum Gasteiger partial charge on any atom is 0.231 e. The second-order valence-electron chi connectivity index (χ2n) is 8.67. The molecule has 162 valence electrons. The molecule has 1 saturated heterocycles. The molecule has 1 aromatic carbocycles. The quantitative estimate of drug-likeness (QED) is 0.723. The van der Waals surface area contributed by atoms with Crippen LogP contribution in [0.4, 0.5) is 0 Å². The first-order valence-corrected chi connectivity index (χ1v) is 11.4. The maximum absolute atomic E-state index is 5.52. The molecule has 3 aliphatic rings. The van der Waals surface area contributed by atoms with E-state index in [4.69, 9.17) is 9.47 Å².